The number of halogens is 1. The predicted octanol–water partition coefficient (Wildman–Crippen LogP) is 3.93. The molecule has 3 rings (SSSR count). The van der Waals surface area contributed by atoms with E-state index in [4.69, 9.17) is 16.6 Å². The van der Waals surface area contributed by atoms with Gasteiger partial charge in [-0.15, -0.1) is 0 Å². The van der Waals surface area contributed by atoms with Crippen LogP contribution in [0.25, 0.3) is 16.5 Å². The quantitative estimate of drug-likeness (QED) is 0.307. The van der Waals surface area contributed by atoms with Crippen molar-refractivity contribution in [3.8, 4) is 0 Å². The highest BCUT2D eigenvalue weighted by atomic mass is 35.5. The average Bonchev–Trinajstić information content (AvgIpc) is 3.34. The van der Waals surface area contributed by atoms with Crippen molar-refractivity contribution in [1.29, 1.82) is 0 Å². The van der Waals surface area contributed by atoms with Gasteiger partial charge in [-0.05, 0) is 44.1 Å². The number of aromatic amines is 1. The molecule has 146 valence electrons. The summed E-state index contributed by atoms with van der Waals surface area (Å²) in [5.74, 6) is 0.683. The second-order valence-electron chi connectivity index (χ2n) is 6.60. The van der Waals surface area contributed by atoms with Gasteiger partial charge in [-0.25, -0.2) is 0 Å². The van der Waals surface area contributed by atoms with Gasteiger partial charge in [0.25, 0.3) is 0 Å². The van der Waals surface area contributed by atoms with Gasteiger partial charge in [0.05, 0.1) is 12.1 Å². The van der Waals surface area contributed by atoms with Crippen LogP contribution in [0.2, 0.25) is 0 Å². The number of H-pyrrole nitrogens is 1. The number of nitrogens with zero attached hydrogens (tertiary/aromatic N) is 4. The molecule has 0 amide bonds. The third kappa shape index (κ3) is 4.58. The molecule has 2 N–H and O–H groups in total. The van der Waals surface area contributed by atoms with Crippen LogP contribution in [0.4, 0.5) is 0 Å². The number of benzene rings is 1. The van der Waals surface area contributed by atoms with E-state index < -0.39 is 0 Å². The van der Waals surface area contributed by atoms with E-state index >= 15 is 0 Å². The molecule has 1 fully saturated rings. The summed E-state index contributed by atoms with van der Waals surface area (Å²) in [5, 5.41) is 12.6. The van der Waals surface area contributed by atoms with E-state index in [1.54, 1.807) is 12.2 Å². The van der Waals surface area contributed by atoms with Crippen LogP contribution in [-0.2, 0) is 0 Å². The van der Waals surface area contributed by atoms with Gasteiger partial charge in [-0.1, -0.05) is 36.9 Å². The molecule has 0 radical (unpaired) electrons. The lowest BCUT2D eigenvalue weighted by Crippen LogP contribution is -2.25. The van der Waals surface area contributed by atoms with Crippen molar-refractivity contribution in [2.75, 3.05) is 26.2 Å². The molecule has 0 bridgehead atoms. The Hall–Kier alpha value is -2.70. The molecule has 1 aliphatic rings. The predicted molar refractivity (Wildman–Crippen MR) is 119 cm³/mol. The second-order valence-corrected chi connectivity index (χ2v) is 7.06. The van der Waals surface area contributed by atoms with E-state index in [2.05, 4.69) is 45.5 Å². The van der Waals surface area contributed by atoms with Crippen molar-refractivity contribution in [2.24, 2.45) is 10.1 Å². The first-order valence-electron chi connectivity index (χ1n) is 9.29. The maximum Gasteiger partial charge on any atom is 0.148 e. The molecule has 7 heteroatoms. The number of aromatic nitrogens is 2. The molecule has 2 heterocycles. The van der Waals surface area contributed by atoms with Gasteiger partial charge in [0.2, 0.25) is 0 Å². The van der Waals surface area contributed by atoms with E-state index in [-0.39, 0.29) is 0 Å². The van der Waals surface area contributed by atoms with Crippen LogP contribution in [-0.4, -0.2) is 53.8 Å². The molecule has 1 aliphatic heterocycles. The Morgan fingerprint density at radius 2 is 2.14 bits per heavy atom. The zero-order valence-electron chi connectivity index (χ0n) is 15.9. The SMILES string of the molecule is C=C/C=C(\C(=C)Cl)c1n[nH]c2ccc(C(=NCCN3CCCC3)NN=C)cc12. The van der Waals surface area contributed by atoms with E-state index in [9.17, 15) is 0 Å². The summed E-state index contributed by atoms with van der Waals surface area (Å²) in [7, 11) is 0. The molecule has 1 aromatic carbocycles. The fourth-order valence-electron chi connectivity index (χ4n) is 3.36. The minimum atomic E-state index is 0.407. The Morgan fingerprint density at radius 3 is 2.82 bits per heavy atom. The second kappa shape index (κ2) is 9.48. The average molecular weight is 397 g/mol. The summed E-state index contributed by atoms with van der Waals surface area (Å²) < 4.78 is 0. The summed E-state index contributed by atoms with van der Waals surface area (Å²) in [4.78, 5) is 7.14. The highest BCUT2D eigenvalue weighted by Crippen LogP contribution is 2.29. The Morgan fingerprint density at radius 1 is 1.36 bits per heavy atom. The molecule has 0 saturated carbocycles. The first kappa shape index (κ1) is 20.0. The van der Waals surface area contributed by atoms with Crippen molar-refractivity contribution in [1.82, 2.24) is 20.5 Å². The summed E-state index contributed by atoms with van der Waals surface area (Å²) >= 11 is 6.17. The summed E-state index contributed by atoms with van der Waals surface area (Å²) in [5.41, 5.74) is 6.17. The third-order valence-electron chi connectivity index (χ3n) is 4.74. The number of allylic oxidation sites excluding steroid dienone is 4. The Labute approximate surface area is 170 Å². The van der Waals surface area contributed by atoms with Gasteiger partial charge < -0.3 is 4.90 Å². The first-order chi connectivity index (χ1) is 13.6. The van der Waals surface area contributed by atoms with E-state index in [1.807, 2.05) is 18.2 Å². The number of hydrazone groups is 1. The number of hydrogen-bond donors (Lipinski definition) is 2. The lowest BCUT2D eigenvalue weighted by Gasteiger charge is -2.13. The lowest BCUT2D eigenvalue weighted by atomic mass is 10.0. The van der Waals surface area contributed by atoms with E-state index in [0.717, 1.165) is 47.4 Å². The van der Waals surface area contributed by atoms with E-state index in [0.29, 0.717) is 17.4 Å². The standard InChI is InChI=1S/C21H25ClN6/c1-4-7-17(15(2)22)20-18-14-16(8-9-19(18)25-26-20)21(27-23-3)24-10-13-28-11-5-6-12-28/h4,7-9,14H,1-3,5-6,10-13H2,(H,24,27)(H,25,26)/b17-7+. The molecule has 6 nitrogen and oxygen atoms in total. The molecule has 0 aliphatic carbocycles. The zero-order valence-corrected chi connectivity index (χ0v) is 16.7. The molecule has 1 aromatic heterocycles. The van der Waals surface area contributed by atoms with Crippen molar-refractivity contribution in [2.45, 2.75) is 12.8 Å². The largest absolute Gasteiger partial charge is 0.301 e. The Kier molecular flexibility index (Phi) is 6.79. The molecule has 28 heavy (non-hydrogen) atoms. The van der Waals surface area contributed by atoms with Gasteiger partial charge in [0.1, 0.15) is 11.5 Å². The fraction of sp³-hybridized carbons (Fsp3) is 0.286. The van der Waals surface area contributed by atoms with Gasteiger partial charge in [0.15, 0.2) is 0 Å². The summed E-state index contributed by atoms with van der Waals surface area (Å²) in [6.07, 6.45) is 6.01. The van der Waals surface area contributed by atoms with Crippen molar-refractivity contribution in [3.05, 3.63) is 59.8 Å². The minimum absolute atomic E-state index is 0.407. The fourth-order valence-corrected chi connectivity index (χ4v) is 3.51. The smallest absolute Gasteiger partial charge is 0.148 e. The van der Waals surface area contributed by atoms with Crippen molar-refractivity contribution < 1.29 is 0 Å². The number of amidine groups is 1. The van der Waals surface area contributed by atoms with Crippen LogP contribution in [0, 0.1) is 0 Å². The Bertz CT molecular complexity index is 934. The van der Waals surface area contributed by atoms with Crippen molar-refractivity contribution >= 4 is 40.6 Å². The topological polar surface area (TPSA) is 68.7 Å². The van der Waals surface area contributed by atoms with Crippen molar-refractivity contribution in [3.63, 3.8) is 0 Å². The van der Waals surface area contributed by atoms with Crippen LogP contribution in [0.5, 0.6) is 0 Å². The maximum atomic E-state index is 6.17. The van der Waals surface area contributed by atoms with Crippen LogP contribution < -0.4 is 5.43 Å². The molecule has 0 spiro atoms. The molecule has 2 aromatic rings. The minimum Gasteiger partial charge on any atom is -0.301 e. The molecule has 0 atom stereocenters. The summed E-state index contributed by atoms with van der Waals surface area (Å²) in [6, 6.07) is 5.95. The number of nitrogens with one attached hydrogen (secondary N) is 2. The summed E-state index contributed by atoms with van der Waals surface area (Å²) in [6.45, 7) is 15.1. The number of aliphatic imine (C=N–C) groups is 1. The van der Waals surface area contributed by atoms with Gasteiger partial charge in [-0.3, -0.25) is 15.5 Å². The van der Waals surface area contributed by atoms with E-state index in [1.165, 1.54) is 12.8 Å². The number of likely N-dealkylation sites (tertiary alicyclic amines) is 1. The molecular weight excluding hydrogens is 372 g/mol. The van der Waals surface area contributed by atoms with Gasteiger partial charge in [-0.2, -0.15) is 10.2 Å². The highest BCUT2D eigenvalue weighted by Gasteiger charge is 2.15. The number of fused-ring (bicyclic) bond motifs is 1. The monoisotopic (exact) mass is 396 g/mol. The molecule has 1 saturated heterocycles. The Balaban J connectivity index is 1.92. The molecular formula is C21H25ClN6. The van der Waals surface area contributed by atoms with Crippen LogP contribution in [0.3, 0.4) is 0 Å². The van der Waals surface area contributed by atoms with Gasteiger partial charge in [0, 0.05) is 34.8 Å². The number of rotatable bonds is 8. The van der Waals surface area contributed by atoms with Crippen LogP contribution >= 0.6 is 11.6 Å². The number of hydrogen-bond acceptors (Lipinski definition) is 4. The highest BCUT2D eigenvalue weighted by molar-refractivity contribution is 6.37. The lowest BCUT2D eigenvalue weighted by molar-refractivity contribution is 0.349. The first-order valence-corrected chi connectivity index (χ1v) is 9.66. The van der Waals surface area contributed by atoms with Crippen LogP contribution in [0.1, 0.15) is 24.1 Å². The van der Waals surface area contributed by atoms with Crippen LogP contribution in [0.15, 0.2) is 58.6 Å². The normalized spacial score (nSPS) is 15.8. The molecule has 0 unspecified atom stereocenters. The maximum absolute atomic E-state index is 6.17. The third-order valence-corrected chi connectivity index (χ3v) is 4.94. The zero-order chi connectivity index (χ0) is 19.9. The van der Waals surface area contributed by atoms with Gasteiger partial charge >= 0.3 is 0 Å².